The number of nitriles is 1. The third-order valence-electron chi connectivity index (χ3n) is 3.46. The van der Waals surface area contributed by atoms with Crippen LogP contribution in [0.25, 0.3) is 6.08 Å². The van der Waals surface area contributed by atoms with Crippen molar-refractivity contribution in [2.75, 3.05) is 0 Å². The highest BCUT2D eigenvalue weighted by Crippen LogP contribution is 2.23. The Hall–Kier alpha value is -3.59. The van der Waals surface area contributed by atoms with Crippen molar-refractivity contribution in [2.24, 2.45) is 0 Å². The van der Waals surface area contributed by atoms with Crippen LogP contribution in [0.5, 0.6) is 5.75 Å². The largest absolute Gasteiger partial charge is 0.488 e. The van der Waals surface area contributed by atoms with Gasteiger partial charge in [0.25, 0.3) is 5.91 Å². The molecule has 0 unspecified atom stereocenters. The molecular formula is C18H13N3O3. The number of carbonyl (C=O) groups excluding carboxylic acids is 2. The van der Waals surface area contributed by atoms with E-state index in [4.69, 9.17) is 10.00 Å². The summed E-state index contributed by atoms with van der Waals surface area (Å²) in [5, 5.41) is 13.7. The number of ether oxygens (including phenoxy) is 1. The molecule has 6 nitrogen and oxygen atoms in total. The molecule has 0 aromatic heterocycles. The van der Waals surface area contributed by atoms with E-state index in [0.717, 1.165) is 5.56 Å². The van der Waals surface area contributed by atoms with Crippen molar-refractivity contribution in [1.29, 1.82) is 5.26 Å². The maximum absolute atomic E-state index is 11.6. The molecule has 0 atom stereocenters. The van der Waals surface area contributed by atoms with Crippen molar-refractivity contribution in [3.05, 3.63) is 70.9 Å². The molecule has 1 saturated heterocycles. The van der Waals surface area contributed by atoms with Gasteiger partial charge in [-0.2, -0.15) is 5.26 Å². The molecule has 3 rings (SSSR count). The van der Waals surface area contributed by atoms with E-state index >= 15 is 0 Å². The summed E-state index contributed by atoms with van der Waals surface area (Å²) in [6, 6.07) is 15.9. The van der Waals surface area contributed by atoms with Crippen LogP contribution >= 0.6 is 0 Å². The number of rotatable bonds is 4. The molecule has 3 amide bonds. The van der Waals surface area contributed by atoms with E-state index in [9.17, 15) is 9.59 Å². The summed E-state index contributed by atoms with van der Waals surface area (Å²) < 4.78 is 5.80. The quantitative estimate of drug-likeness (QED) is 0.668. The van der Waals surface area contributed by atoms with E-state index < -0.39 is 11.9 Å². The van der Waals surface area contributed by atoms with Crippen LogP contribution in [0.1, 0.15) is 16.7 Å². The van der Waals surface area contributed by atoms with Crippen LogP contribution in [-0.2, 0) is 11.4 Å². The van der Waals surface area contributed by atoms with Gasteiger partial charge < -0.3 is 10.1 Å². The number of hydrogen-bond acceptors (Lipinski definition) is 4. The summed E-state index contributed by atoms with van der Waals surface area (Å²) in [6.07, 6.45) is 1.55. The Bertz CT molecular complexity index is 881. The number of urea groups is 1. The molecule has 24 heavy (non-hydrogen) atoms. The zero-order chi connectivity index (χ0) is 16.9. The number of benzene rings is 2. The Labute approximate surface area is 138 Å². The van der Waals surface area contributed by atoms with Gasteiger partial charge >= 0.3 is 6.03 Å². The highest BCUT2D eigenvalue weighted by Gasteiger charge is 2.23. The number of para-hydroxylation sites is 1. The lowest BCUT2D eigenvalue weighted by atomic mass is 10.1. The topological polar surface area (TPSA) is 91.2 Å². The maximum Gasteiger partial charge on any atom is 0.326 e. The molecule has 1 heterocycles. The second-order valence-electron chi connectivity index (χ2n) is 5.06. The van der Waals surface area contributed by atoms with Crippen molar-refractivity contribution >= 4 is 18.0 Å². The van der Waals surface area contributed by atoms with E-state index in [0.29, 0.717) is 16.9 Å². The number of nitrogens with one attached hydrogen (secondary N) is 2. The van der Waals surface area contributed by atoms with Crippen LogP contribution in [0.15, 0.2) is 54.2 Å². The normalized spacial score (nSPS) is 14.9. The summed E-state index contributed by atoms with van der Waals surface area (Å²) in [7, 11) is 0. The number of hydrogen-bond donors (Lipinski definition) is 2. The first-order valence-corrected chi connectivity index (χ1v) is 7.21. The molecule has 0 saturated carbocycles. The second-order valence-corrected chi connectivity index (χ2v) is 5.06. The van der Waals surface area contributed by atoms with Crippen LogP contribution in [0, 0.1) is 11.3 Å². The van der Waals surface area contributed by atoms with Gasteiger partial charge in [-0.15, -0.1) is 0 Å². The van der Waals surface area contributed by atoms with Gasteiger partial charge in [-0.05, 0) is 18.2 Å². The minimum atomic E-state index is -0.549. The Morgan fingerprint density at radius 3 is 2.54 bits per heavy atom. The Morgan fingerprint density at radius 2 is 1.79 bits per heavy atom. The maximum atomic E-state index is 11.6. The van der Waals surface area contributed by atoms with Gasteiger partial charge in [0.05, 0.1) is 11.6 Å². The molecule has 0 bridgehead atoms. The van der Waals surface area contributed by atoms with E-state index in [2.05, 4.69) is 16.7 Å². The first-order valence-electron chi connectivity index (χ1n) is 7.21. The highest BCUT2D eigenvalue weighted by atomic mass is 16.5. The zero-order valence-corrected chi connectivity index (χ0v) is 12.6. The zero-order valence-electron chi connectivity index (χ0n) is 12.6. The van der Waals surface area contributed by atoms with Crippen LogP contribution in [0.2, 0.25) is 0 Å². The predicted octanol–water partition coefficient (Wildman–Crippen LogP) is 2.32. The van der Waals surface area contributed by atoms with E-state index in [1.54, 1.807) is 42.5 Å². The van der Waals surface area contributed by atoms with Crippen molar-refractivity contribution in [3.8, 4) is 11.8 Å². The number of nitrogens with zero attached hydrogens (tertiary/aromatic N) is 1. The van der Waals surface area contributed by atoms with Crippen molar-refractivity contribution in [3.63, 3.8) is 0 Å². The van der Waals surface area contributed by atoms with Gasteiger partial charge in [-0.3, -0.25) is 10.1 Å². The van der Waals surface area contributed by atoms with Crippen molar-refractivity contribution < 1.29 is 14.3 Å². The minimum absolute atomic E-state index is 0.161. The monoisotopic (exact) mass is 319 g/mol. The highest BCUT2D eigenvalue weighted by molar-refractivity contribution is 6.14. The first-order chi connectivity index (χ1) is 11.7. The van der Waals surface area contributed by atoms with Gasteiger partial charge in [0.1, 0.15) is 18.1 Å². The lowest BCUT2D eigenvalue weighted by Crippen LogP contribution is -2.22. The Balaban J connectivity index is 1.83. The van der Waals surface area contributed by atoms with Gasteiger partial charge in [-0.1, -0.05) is 36.4 Å². The van der Waals surface area contributed by atoms with Crippen molar-refractivity contribution in [2.45, 2.75) is 6.61 Å². The number of amides is 3. The summed E-state index contributed by atoms with van der Waals surface area (Å²) >= 11 is 0. The average molecular weight is 319 g/mol. The molecule has 0 aliphatic carbocycles. The van der Waals surface area contributed by atoms with Crippen LogP contribution < -0.4 is 15.4 Å². The first kappa shape index (κ1) is 15.3. The molecule has 1 fully saturated rings. The van der Waals surface area contributed by atoms with Gasteiger partial charge in [0, 0.05) is 11.1 Å². The van der Waals surface area contributed by atoms with Gasteiger partial charge in [0.2, 0.25) is 0 Å². The van der Waals surface area contributed by atoms with Crippen LogP contribution in [-0.4, -0.2) is 11.9 Å². The van der Waals surface area contributed by atoms with Crippen LogP contribution in [0.3, 0.4) is 0 Å². The summed E-state index contributed by atoms with van der Waals surface area (Å²) in [6.45, 7) is 0.225. The molecule has 1 aliphatic rings. The third-order valence-corrected chi connectivity index (χ3v) is 3.46. The summed E-state index contributed by atoms with van der Waals surface area (Å²) in [4.78, 5) is 22.8. The molecule has 2 aromatic carbocycles. The molecule has 6 heteroatoms. The molecule has 118 valence electrons. The van der Waals surface area contributed by atoms with E-state index in [-0.39, 0.29) is 12.3 Å². The molecule has 0 spiro atoms. The fourth-order valence-electron chi connectivity index (χ4n) is 2.28. The number of imide groups is 1. The Kier molecular flexibility index (Phi) is 4.25. The fourth-order valence-corrected chi connectivity index (χ4v) is 2.28. The Morgan fingerprint density at radius 1 is 1.04 bits per heavy atom. The fraction of sp³-hybridized carbons (Fsp3) is 0.0556. The number of carbonyl (C=O) groups is 2. The van der Waals surface area contributed by atoms with E-state index in [1.165, 1.54) is 0 Å². The second kappa shape index (κ2) is 6.67. The minimum Gasteiger partial charge on any atom is -0.488 e. The van der Waals surface area contributed by atoms with E-state index in [1.807, 2.05) is 12.1 Å². The lowest BCUT2D eigenvalue weighted by molar-refractivity contribution is -0.115. The van der Waals surface area contributed by atoms with Crippen molar-refractivity contribution in [1.82, 2.24) is 10.6 Å². The smallest absolute Gasteiger partial charge is 0.326 e. The van der Waals surface area contributed by atoms with Gasteiger partial charge in [-0.25, -0.2) is 4.79 Å². The molecular weight excluding hydrogens is 306 g/mol. The molecule has 2 aromatic rings. The third kappa shape index (κ3) is 3.25. The SMILES string of the molecule is N#Cc1ccccc1COc1ccccc1/C=C1/NC(=O)NC1=O. The van der Waals surface area contributed by atoms with Crippen LogP contribution in [0.4, 0.5) is 4.79 Å². The summed E-state index contributed by atoms with van der Waals surface area (Å²) in [5.74, 6) is 0.0660. The average Bonchev–Trinajstić information content (AvgIpc) is 2.91. The lowest BCUT2D eigenvalue weighted by Gasteiger charge is -2.10. The predicted molar refractivity (Wildman–Crippen MR) is 86.6 cm³/mol. The molecule has 2 N–H and O–H groups in total. The van der Waals surface area contributed by atoms with Gasteiger partial charge in [0.15, 0.2) is 0 Å². The standard InChI is InChI=1S/C18H13N3O3/c19-10-13-6-1-2-7-14(13)11-24-16-8-4-3-5-12(16)9-15-17(22)21-18(23)20-15/h1-9H,11H2,(H2,20,21,22,23)/b15-9+. The summed E-state index contributed by atoms with van der Waals surface area (Å²) in [5.41, 5.74) is 2.14. The molecule has 0 radical (unpaired) electrons. The molecule has 1 aliphatic heterocycles.